The summed E-state index contributed by atoms with van der Waals surface area (Å²) in [5, 5.41) is 9.57. The van der Waals surface area contributed by atoms with E-state index in [4.69, 9.17) is 0 Å². The summed E-state index contributed by atoms with van der Waals surface area (Å²) in [5.74, 6) is -7.14. The highest BCUT2D eigenvalue weighted by atomic mass is 19.3. The number of alkyl halides is 2. The predicted molar refractivity (Wildman–Crippen MR) is 105 cm³/mol. The Morgan fingerprint density at radius 1 is 1.23 bits per heavy atom. The summed E-state index contributed by atoms with van der Waals surface area (Å²) in [6.07, 6.45) is 2.73. The van der Waals surface area contributed by atoms with Crippen LogP contribution in [0.15, 0.2) is 41.5 Å². The third kappa shape index (κ3) is 3.03. The Kier molecular flexibility index (Phi) is 4.39. The molecule has 0 amide bonds. The Morgan fingerprint density at radius 2 is 2.00 bits per heavy atom. The van der Waals surface area contributed by atoms with Crippen molar-refractivity contribution in [3.05, 3.63) is 75.3 Å². The fourth-order valence-corrected chi connectivity index (χ4v) is 5.67. The number of halogens is 4. The summed E-state index contributed by atoms with van der Waals surface area (Å²) in [5.41, 5.74) is 1.13. The van der Waals surface area contributed by atoms with Crippen LogP contribution in [-0.2, 0) is 0 Å². The van der Waals surface area contributed by atoms with Crippen LogP contribution in [0.2, 0.25) is 0 Å². The molecule has 2 aliphatic carbocycles. The molecule has 0 aromatic heterocycles. The molecule has 0 bridgehead atoms. The summed E-state index contributed by atoms with van der Waals surface area (Å²) in [7, 11) is 0. The molecule has 1 N–H and O–H groups in total. The predicted octanol–water partition coefficient (Wildman–Crippen LogP) is 5.10. The highest BCUT2D eigenvalue weighted by Gasteiger charge is 2.59. The summed E-state index contributed by atoms with van der Waals surface area (Å²) >= 11 is 0. The number of rotatable bonds is 2. The molecule has 2 heterocycles. The number of hydrogen-bond donors (Lipinski definition) is 1. The number of hydrogen-bond acceptors (Lipinski definition) is 3. The van der Waals surface area contributed by atoms with Gasteiger partial charge < -0.3 is 5.21 Å². The minimum Gasteiger partial charge on any atom is -0.429 e. The van der Waals surface area contributed by atoms with Gasteiger partial charge in [-0.25, -0.2) is 22.3 Å². The van der Waals surface area contributed by atoms with Crippen LogP contribution >= 0.6 is 0 Å². The zero-order valence-electron chi connectivity index (χ0n) is 16.7. The molecule has 4 aliphatic rings. The SMILES string of the molecule is Cc1c([C@@H]2[C@@H]3CCC(F)(F)[C@@H]3C[C@H]2c2cc(=O)c3cn(O)ccc-3n2)ccc(F)c1F. The van der Waals surface area contributed by atoms with E-state index in [1.165, 1.54) is 37.5 Å². The number of benzene rings is 1. The van der Waals surface area contributed by atoms with Crippen molar-refractivity contribution in [2.75, 3.05) is 0 Å². The Morgan fingerprint density at radius 3 is 2.77 bits per heavy atom. The van der Waals surface area contributed by atoms with Crippen LogP contribution in [0.4, 0.5) is 17.6 Å². The van der Waals surface area contributed by atoms with E-state index in [2.05, 4.69) is 4.98 Å². The molecule has 4 atom stereocenters. The molecule has 2 saturated carbocycles. The molecule has 4 nitrogen and oxygen atoms in total. The van der Waals surface area contributed by atoms with E-state index in [0.717, 1.165) is 10.8 Å². The smallest absolute Gasteiger partial charge is 0.251 e. The zero-order chi connectivity index (χ0) is 22.1. The zero-order valence-corrected chi connectivity index (χ0v) is 16.7. The van der Waals surface area contributed by atoms with Crippen molar-refractivity contribution in [2.45, 2.75) is 43.9 Å². The highest BCUT2D eigenvalue weighted by Crippen LogP contribution is 2.63. The van der Waals surface area contributed by atoms with Gasteiger partial charge in [-0.3, -0.25) is 9.78 Å². The maximum atomic E-state index is 14.7. The van der Waals surface area contributed by atoms with Crippen LogP contribution in [0.5, 0.6) is 0 Å². The van der Waals surface area contributed by atoms with Crippen molar-refractivity contribution in [3.8, 4) is 11.3 Å². The molecule has 0 unspecified atom stereocenters. The lowest BCUT2D eigenvalue weighted by Gasteiger charge is -2.26. The van der Waals surface area contributed by atoms with E-state index < -0.39 is 41.2 Å². The largest absolute Gasteiger partial charge is 0.429 e. The van der Waals surface area contributed by atoms with Gasteiger partial charge in [-0.15, -0.1) is 0 Å². The van der Waals surface area contributed by atoms with Crippen molar-refractivity contribution in [3.63, 3.8) is 0 Å². The molecular formula is C23H20F4N2O2. The van der Waals surface area contributed by atoms with Crippen LogP contribution in [0.25, 0.3) is 11.3 Å². The minimum atomic E-state index is -2.84. The molecule has 8 heteroatoms. The molecule has 0 radical (unpaired) electrons. The van der Waals surface area contributed by atoms with E-state index in [-0.39, 0.29) is 35.8 Å². The Labute approximate surface area is 175 Å². The minimum absolute atomic E-state index is 0.107. The summed E-state index contributed by atoms with van der Waals surface area (Å²) in [4.78, 5) is 17.2. The standard InChI is InChI=1S/C23H20F4N2O2/c1-11-12(2-3-17(24)22(11)25)21-13-4-6-23(26,27)16(13)8-14(21)19-9-20(30)15-10-29(31)7-5-18(15)28-19/h2-3,5,7,9-10,13-14,16,21,31H,4,6,8H2,1H3/t13-,14+,16-,21-/m1/s1. The van der Waals surface area contributed by atoms with Crippen LogP contribution < -0.4 is 5.43 Å². The quantitative estimate of drug-likeness (QED) is 0.453. The molecular weight excluding hydrogens is 412 g/mol. The summed E-state index contributed by atoms with van der Waals surface area (Å²) in [6, 6.07) is 5.29. The molecule has 2 aliphatic heterocycles. The fraction of sp³-hybridized carbons (Fsp3) is 0.391. The van der Waals surface area contributed by atoms with Gasteiger partial charge in [-0.05, 0) is 54.9 Å². The van der Waals surface area contributed by atoms with Gasteiger partial charge in [0.1, 0.15) is 0 Å². The van der Waals surface area contributed by atoms with E-state index in [9.17, 15) is 27.6 Å². The van der Waals surface area contributed by atoms with Gasteiger partial charge in [0, 0.05) is 36.2 Å². The number of fused-ring (bicyclic) bond motifs is 2. The van der Waals surface area contributed by atoms with Gasteiger partial charge in [0.15, 0.2) is 17.1 Å². The van der Waals surface area contributed by atoms with Crippen LogP contribution in [0.3, 0.4) is 0 Å². The van der Waals surface area contributed by atoms with Gasteiger partial charge in [0.25, 0.3) is 5.92 Å². The van der Waals surface area contributed by atoms with Gasteiger partial charge in [0.2, 0.25) is 0 Å². The Hall–Kier alpha value is -2.90. The number of aromatic nitrogens is 2. The lowest BCUT2D eigenvalue weighted by atomic mass is 9.78. The van der Waals surface area contributed by atoms with Crippen LogP contribution in [-0.4, -0.2) is 20.8 Å². The normalized spacial score (nSPS) is 27.0. The van der Waals surface area contributed by atoms with E-state index in [0.29, 0.717) is 17.0 Å². The molecule has 31 heavy (non-hydrogen) atoms. The van der Waals surface area contributed by atoms with Crippen molar-refractivity contribution in [1.82, 2.24) is 9.71 Å². The number of pyridine rings is 2. The van der Waals surface area contributed by atoms with Gasteiger partial charge in [-0.1, -0.05) is 6.07 Å². The molecule has 0 saturated heterocycles. The summed E-state index contributed by atoms with van der Waals surface area (Å²) < 4.78 is 58.2. The first kappa shape index (κ1) is 20.0. The van der Waals surface area contributed by atoms with E-state index in [1.807, 2.05) is 0 Å². The number of nitrogens with zero attached hydrogens (tertiary/aromatic N) is 2. The van der Waals surface area contributed by atoms with E-state index in [1.54, 1.807) is 0 Å². The molecule has 1 aromatic rings. The fourth-order valence-electron chi connectivity index (χ4n) is 5.67. The maximum absolute atomic E-state index is 14.7. The lowest BCUT2D eigenvalue weighted by molar-refractivity contribution is -0.0415. The third-order valence-electron chi connectivity index (χ3n) is 7.11. The van der Waals surface area contributed by atoms with Crippen molar-refractivity contribution in [1.29, 1.82) is 0 Å². The topological polar surface area (TPSA) is 55.1 Å². The molecule has 1 aromatic carbocycles. The second-order valence-electron chi connectivity index (χ2n) is 8.68. The van der Waals surface area contributed by atoms with Gasteiger partial charge in [-0.2, -0.15) is 0 Å². The second kappa shape index (κ2) is 6.80. The average molecular weight is 432 g/mol. The Bertz CT molecular complexity index is 1210. The molecule has 2 fully saturated rings. The first-order valence-corrected chi connectivity index (χ1v) is 10.2. The third-order valence-corrected chi connectivity index (χ3v) is 7.11. The van der Waals surface area contributed by atoms with Crippen molar-refractivity contribution >= 4 is 0 Å². The summed E-state index contributed by atoms with van der Waals surface area (Å²) in [6.45, 7) is 1.46. The first-order valence-electron chi connectivity index (χ1n) is 10.2. The molecule has 162 valence electrons. The van der Waals surface area contributed by atoms with Crippen LogP contribution in [0.1, 0.15) is 47.9 Å². The first-order chi connectivity index (χ1) is 14.7. The average Bonchev–Trinajstić information content (AvgIpc) is 3.24. The Balaban J connectivity index is 1.68. The lowest BCUT2D eigenvalue weighted by Crippen LogP contribution is -2.23. The highest BCUT2D eigenvalue weighted by molar-refractivity contribution is 5.59. The van der Waals surface area contributed by atoms with Crippen molar-refractivity contribution < 1.29 is 22.8 Å². The maximum Gasteiger partial charge on any atom is 0.251 e. The molecule has 5 rings (SSSR count). The monoisotopic (exact) mass is 432 g/mol. The van der Waals surface area contributed by atoms with Gasteiger partial charge in [0.05, 0.1) is 17.5 Å². The molecule has 0 spiro atoms. The van der Waals surface area contributed by atoms with Crippen LogP contribution in [0, 0.1) is 30.4 Å². The van der Waals surface area contributed by atoms with Gasteiger partial charge >= 0.3 is 0 Å². The van der Waals surface area contributed by atoms with E-state index >= 15 is 0 Å². The van der Waals surface area contributed by atoms with Crippen molar-refractivity contribution in [2.24, 2.45) is 11.8 Å². The second-order valence-corrected chi connectivity index (χ2v) is 8.68.